The van der Waals surface area contributed by atoms with Crippen molar-refractivity contribution in [3.05, 3.63) is 82.3 Å². The van der Waals surface area contributed by atoms with Gasteiger partial charge in [0.1, 0.15) is 5.75 Å². The average Bonchev–Trinajstić information content (AvgIpc) is 2.64. The lowest BCUT2D eigenvalue weighted by molar-refractivity contribution is -0.137. The first-order chi connectivity index (χ1) is 13.6. The molecule has 0 fully saturated rings. The van der Waals surface area contributed by atoms with Gasteiger partial charge in [0.05, 0.1) is 21.2 Å². The smallest absolute Gasteiger partial charge is 0.417 e. The van der Waals surface area contributed by atoms with Crippen LogP contribution in [-0.2, 0) is 16.2 Å². The maximum atomic E-state index is 13.1. The third-order valence-electron chi connectivity index (χ3n) is 3.71. The topological polar surface area (TPSA) is 55.4 Å². The molecule has 4 nitrogen and oxygen atoms in total. The van der Waals surface area contributed by atoms with Gasteiger partial charge >= 0.3 is 6.18 Å². The Balaban J connectivity index is 1.98. The molecule has 0 unspecified atom stereocenters. The predicted molar refractivity (Wildman–Crippen MR) is 105 cm³/mol. The predicted octanol–water partition coefficient (Wildman–Crippen LogP) is 6.61. The van der Waals surface area contributed by atoms with Crippen LogP contribution < -0.4 is 9.46 Å². The minimum Gasteiger partial charge on any atom is -0.455 e. The Morgan fingerprint density at radius 2 is 1.59 bits per heavy atom. The summed E-state index contributed by atoms with van der Waals surface area (Å²) in [5.41, 5.74) is -1.29. The van der Waals surface area contributed by atoms with Crippen LogP contribution >= 0.6 is 23.2 Å². The van der Waals surface area contributed by atoms with Crippen molar-refractivity contribution in [2.45, 2.75) is 11.1 Å². The molecule has 0 aromatic heterocycles. The first kappa shape index (κ1) is 21.3. The van der Waals surface area contributed by atoms with E-state index in [1.54, 1.807) is 30.3 Å². The summed E-state index contributed by atoms with van der Waals surface area (Å²) in [6.45, 7) is 0. The Hall–Kier alpha value is -2.42. The van der Waals surface area contributed by atoms with E-state index >= 15 is 0 Å². The number of benzene rings is 3. The van der Waals surface area contributed by atoms with E-state index in [0.29, 0.717) is 11.8 Å². The number of anilines is 1. The molecule has 0 saturated carbocycles. The van der Waals surface area contributed by atoms with Crippen molar-refractivity contribution in [3.8, 4) is 11.5 Å². The van der Waals surface area contributed by atoms with Gasteiger partial charge in [-0.25, -0.2) is 8.42 Å². The van der Waals surface area contributed by atoms with Gasteiger partial charge in [0.25, 0.3) is 10.0 Å². The summed E-state index contributed by atoms with van der Waals surface area (Å²) >= 11 is 11.5. The van der Waals surface area contributed by atoms with E-state index in [-0.39, 0.29) is 16.5 Å². The van der Waals surface area contributed by atoms with E-state index in [9.17, 15) is 21.6 Å². The number of rotatable bonds is 5. The maximum absolute atomic E-state index is 13.1. The first-order valence-electron chi connectivity index (χ1n) is 7.98. The normalized spacial score (nSPS) is 11.9. The molecule has 1 N–H and O–H groups in total. The van der Waals surface area contributed by atoms with E-state index < -0.39 is 31.7 Å². The van der Waals surface area contributed by atoms with Crippen molar-refractivity contribution in [3.63, 3.8) is 0 Å². The minimum atomic E-state index is -4.81. The highest BCUT2D eigenvalue weighted by Gasteiger charge is 2.34. The van der Waals surface area contributed by atoms with Crippen LogP contribution in [0, 0.1) is 0 Å². The van der Waals surface area contributed by atoms with Crippen LogP contribution in [-0.4, -0.2) is 8.42 Å². The second kappa shape index (κ2) is 8.14. The van der Waals surface area contributed by atoms with Gasteiger partial charge in [0, 0.05) is 5.02 Å². The van der Waals surface area contributed by atoms with Gasteiger partial charge in [-0.15, -0.1) is 0 Å². The highest BCUT2D eigenvalue weighted by molar-refractivity contribution is 7.92. The monoisotopic (exact) mass is 461 g/mol. The molecule has 0 aliphatic heterocycles. The van der Waals surface area contributed by atoms with Gasteiger partial charge in [-0.2, -0.15) is 13.2 Å². The average molecular weight is 462 g/mol. The van der Waals surface area contributed by atoms with Gasteiger partial charge in [0.15, 0.2) is 5.75 Å². The Kier molecular flexibility index (Phi) is 5.97. The van der Waals surface area contributed by atoms with Crippen LogP contribution in [0.4, 0.5) is 18.9 Å². The maximum Gasteiger partial charge on any atom is 0.417 e. The first-order valence-corrected chi connectivity index (χ1v) is 10.2. The Labute approximate surface area is 174 Å². The standard InChI is InChI=1S/C19H12Cl2F3NO3S/c20-12-6-9-18(28-13-4-2-1-3-5-13)17(10-12)25-29(26,27)14-7-8-16(21)15(11-14)19(22,23)24/h1-11,25H. The molecular formula is C19H12Cl2F3NO3S. The Morgan fingerprint density at radius 1 is 0.897 bits per heavy atom. The van der Waals surface area contributed by atoms with Crippen LogP contribution in [0.2, 0.25) is 10.0 Å². The summed E-state index contributed by atoms with van der Waals surface area (Å²) in [6, 6.07) is 15.1. The number of alkyl halides is 3. The van der Waals surface area contributed by atoms with Crippen LogP contribution in [0.1, 0.15) is 5.56 Å². The summed E-state index contributed by atoms with van der Waals surface area (Å²) < 4.78 is 72.4. The number of nitrogens with one attached hydrogen (secondary N) is 1. The van der Waals surface area contributed by atoms with Crippen molar-refractivity contribution in [1.82, 2.24) is 0 Å². The number of hydrogen-bond donors (Lipinski definition) is 1. The van der Waals surface area contributed by atoms with E-state index in [4.69, 9.17) is 27.9 Å². The molecular weight excluding hydrogens is 450 g/mol. The summed E-state index contributed by atoms with van der Waals surface area (Å²) in [6.07, 6.45) is -4.81. The lowest BCUT2D eigenvalue weighted by atomic mass is 10.2. The Morgan fingerprint density at radius 3 is 2.24 bits per heavy atom. The number of hydrogen-bond acceptors (Lipinski definition) is 3. The van der Waals surface area contributed by atoms with Gasteiger partial charge in [0.2, 0.25) is 0 Å². The molecule has 3 rings (SSSR count). The molecule has 29 heavy (non-hydrogen) atoms. The number of sulfonamides is 1. The van der Waals surface area contributed by atoms with Crippen molar-refractivity contribution < 1.29 is 26.3 Å². The molecule has 0 amide bonds. The molecule has 0 saturated heterocycles. The molecule has 0 bridgehead atoms. The lowest BCUT2D eigenvalue weighted by Crippen LogP contribution is -2.15. The molecule has 0 aliphatic rings. The number of para-hydroxylation sites is 1. The largest absolute Gasteiger partial charge is 0.455 e. The molecule has 10 heteroatoms. The van der Waals surface area contributed by atoms with Crippen molar-refractivity contribution in [1.29, 1.82) is 0 Å². The van der Waals surface area contributed by atoms with Crippen molar-refractivity contribution in [2.24, 2.45) is 0 Å². The second-order valence-electron chi connectivity index (χ2n) is 5.80. The molecule has 152 valence electrons. The highest BCUT2D eigenvalue weighted by atomic mass is 35.5. The number of halogens is 5. The van der Waals surface area contributed by atoms with Crippen LogP contribution in [0.25, 0.3) is 0 Å². The van der Waals surface area contributed by atoms with Gasteiger partial charge in [-0.3, -0.25) is 4.72 Å². The van der Waals surface area contributed by atoms with Crippen LogP contribution in [0.3, 0.4) is 0 Å². The van der Waals surface area contributed by atoms with E-state index in [0.717, 1.165) is 12.1 Å². The fourth-order valence-corrected chi connectivity index (χ4v) is 3.86. The summed E-state index contributed by atoms with van der Waals surface area (Å²) in [4.78, 5) is -0.611. The van der Waals surface area contributed by atoms with E-state index in [1.165, 1.54) is 18.2 Å². The summed E-state index contributed by atoms with van der Waals surface area (Å²) in [7, 11) is -4.39. The molecule has 0 atom stereocenters. The molecule has 3 aromatic carbocycles. The fourth-order valence-electron chi connectivity index (χ4n) is 2.38. The molecule has 3 aromatic rings. The third kappa shape index (κ3) is 5.14. The molecule has 0 radical (unpaired) electrons. The van der Waals surface area contributed by atoms with Crippen LogP contribution in [0.5, 0.6) is 11.5 Å². The molecule has 0 heterocycles. The third-order valence-corrected chi connectivity index (χ3v) is 5.64. The number of ether oxygens (including phenoxy) is 1. The summed E-state index contributed by atoms with van der Waals surface area (Å²) in [5, 5.41) is -0.400. The zero-order valence-electron chi connectivity index (χ0n) is 14.4. The molecule has 0 spiro atoms. The Bertz CT molecular complexity index is 1140. The lowest BCUT2D eigenvalue weighted by Gasteiger charge is -2.15. The highest BCUT2D eigenvalue weighted by Crippen LogP contribution is 2.37. The van der Waals surface area contributed by atoms with Gasteiger partial charge < -0.3 is 4.74 Å². The van der Waals surface area contributed by atoms with E-state index in [1.807, 2.05) is 0 Å². The van der Waals surface area contributed by atoms with Gasteiger partial charge in [-0.05, 0) is 48.5 Å². The van der Waals surface area contributed by atoms with Crippen molar-refractivity contribution in [2.75, 3.05) is 4.72 Å². The quantitative estimate of drug-likeness (QED) is 0.465. The molecule has 0 aliphatic carbocycles. The zero-order valence-corrected chi connectivity index (χ0v) is 16.7. The van der Waals surface area contributed by atoms with E-state index in [2.05, 4.69) is 4.72 Å². The van der Waals surface area contributed by atoms with Crippen LogP contribution in [0.15, 0.2) is 71.6 Å². The zero-order chi connectivity index (χ0) is 21.2. The SMILES string of the molecule is O=S(=O)(Nc1cc(Cl)ccc1Oc1ccccc1)c1ccc(Cl)c(C(F)(F)F)c1. The summed E-state index contributed by atoms with van der Waals surface area (Å²) in [5.74, 6) is 0.551. The minimum absolute atomic E-state index is 0.0372. The van der Waals surface area contributed by atoms with Crippen molar-refractivity contribution >= 4 is 38.9 Å². The second-order valence-corrected chi connectivity index (χ2v) is 8.33. The fraction of sp³-hybridized carbons (Fsp3) is 0.0526. The van der Waals surface area contributed by atoms with Gasteiger partial charge in [-0.1, -0.05) is 41.4 Å².